The fraction of sp³-hybridized carbons (Fsp3) is 0.0588. The van der Waals surface area contributed by atoms with Gasteiger partial charge in [-0.15, -0.1) is 0 Å². The quantitative estimate of drug-likeness (QED) is 0.654. The number of benzene rings is 2. The third-order valence-corrected chi connectivity index (χ3v) is 4.10. The molecule has 1 aromatic heterocycles. The summed E-state index contributed by atoms with van der Waals surface area (Å²) in [7, 11) is 1.51. The number of anilines is 1. The summed E-state index contributed by atoms with van der Waals surface area (Å²) in [6.07, 6.45) is 1.49. The predicted octanol–water partition coefficient (Wildman–Crippen LogP) is 4.59. The molecule has 0 saturated carbocycles. The Balaban J connectivity index is 1.92. The molecule has 2 N–H and O–H groups in total. The Bertz CT molecular complexity index is 982. The topological polar surface area (TPSA) is 59.0 Å². The van der Waals surface area contributed by atoms with Crippen molar-refractivity contribution in [3.05, 3.63) is 70.0 Å². The second kappa shape index (κ2) is 7.08. The molecule has 5 nitrogen and oxygen atoms in total. The van der Waals surface area contributed by atoms with Crippen LogP contribution in [0, 0.1) is 10.6 Å². The van der Waals surface area contributed by atoms with Gasteiger partial charge in [-0.1, -0.05) is 11.6 Å². The number of carbonyl (C=O) groups excluding carboxylic acids is 1. The smallest absolute Gasteiger partial charge is 0.274 e. The molecule has 128 valence electrons. The molecule has 0 aliphatic rings. The van der Waals surface area contributed by atoms with Crippen LogP contribution in [0.25, 0.3) is 5.69 Å². The van der Waals surface area contributed by atoms with E-state index in [2.05, 4.69) is 10.3 Å². The van der Waals surface area contributed by atoms with Crippen LogP contribution in [0.1, 0.15) is 10.5 Å². The summed E-state index contributed by atoms with van der Waals surface area (Å²) in [5.41, 5.74) is 1.36. The number of nitrogens with one attached hydrogen (secondary N) is 2. The number of methoxy groups -OCH3 is 1. The first kappa shape index (κ1) is 17.2. The summed E-state index contributed by atoms with van der Waals surface area (Å²) in [6, 6.07) is 10.6. The van der Waals surface area contributed by atoms with Crippen molar-refractivity contribution < 1.29 is 13.9 Å². The van der Waals surface area contributed by atoms with Gasteiger partial charge in [-0.05, 0) is 54.7 Å². The highest BCUT2D eigenvalue weighted by Gasteiger charge is 2.15. The van der Waals surface area contributed by atoms with Crippen LogP contribution in [-0.4, -0.2) is 22.6 Å². The highest BCUT2D eigenvalue weighted by atomic mass is 35.5. The molecule has 0 radical (unpaired) electrons. The van der Waals surface area contributed by atoms with Gasteiger partial charge in [0, 0.05) is 17.6 Å². The van der Waals surface area contributed by atoms with Crippen LogP contribution in [0.3, 0.4) is 0 Å². The van der Waals surface area contributed by atoms with Crippen LogP contribution in [0.5, 0.6) is 5.75 Å². The maximum absolute atomic E-state index is 13.1. The van der Waals surface area contributed by atoms with Gasteiger partial charge in [0.2, 0.25) is 0 Å². The lowest BCUT2D eigenvalue weighted by Crippen LogP contribution is -2.16. The Labute approximate surface area is 153 Å². The zero-order valence-electron chi connectivity index (χ0n) is 13.0. The van der Waals surface area contributed by atoms with E-state index in [-0.39, 0.29) is 11.5 Å². The number of ether oxygens (including phenoxy) is 1. The first-order chi connectivity index (χ1) is 12.0. The molecule has 0 aliphatic carbocycles. The van der Waals surface area contributed by atoms with Crippen molar-refractivity contribution in [3.63, 3.8) is 0 Å². The molecule has 0 unspecified atom stereocenters. The van der Waals surface area contributed by atoms with Gasteiger partial charge in [0.05, 0.1) is 12.1 Å². The summed E-state index contributed by atoms with van der Waals surface area (Å²) < 4.78 is 20.1. The van der Waals surface area contributed by atoms with Crippen molar-refractivity contribution in [3.8, 4) is 11.4 Å². The normalized spacial score (nSPS) is 10.5. The van der Waals surface area contributed by atoms with Crippen LogP contribution in [-0.2, 0) is 0 Å². The highest BCUT2D eigenvalue weighted by Crippen LogP contribution is 2.27. The van der Waals surface area contributed by atoms with Gasteiger partial charge in [0.25, 0.3) is 5.91 Å². The Morgan fingerprint density at radius 2 is 2.00 bits per heavy atom. The lowest BCUT2D eigenvalue weighted by Gasteiger charge is -2.10. The van der Waals surface area contributed by atoms with Gasteiger partial charge in [0.1, 0.15) is 17.3 Å². The minimum absolute atomic E-state index is 0.281. The first-order valence-electron chi connectivity index (χ1n) is 7.21. The average molecular weight is 378 g/mol. The van der Waals surface area contributed by atoms with E-state index in [1.165, 1.54) is 30.0 Å². The van der Waals surface area contributed by atoms with E-state index in [0.29, 0.717) is 26.9 Å². The van der Waals surface area contributed by atoms with E-state index in [4.69, 9.17) is 28.6 Å². The number of aromatic nitrogens is 2. The molecule has 8 heteroatoms. The van der Waals surface area contributed by atoms with E-state index in [0.717, 1.165) is 0 Å². The standard InChI is InChI=1S/C17H13ClFN3O2S/c1-24-15-7-4-11(8-13(15)18)21-16(23)14-9-20-17(25)22(14)12-5-2-10(19)3-6-12/h2-9H,1H3,(H,20,25)(H,21,23). The summed E-state index contributed by atoms with van der Waals surface area (Å²) in [5.74, 6) is -0.252. The number of hydrogen-bond acceptors (Lipinski definition) is 3. The maximum Gasteiger partial charge on any atom is 0.274 e. The molecule has 3 rings (SSSR count). The summed E-state index contributed by atoms with van der Waals surface area (Å²) >= 11 is 11.3. The molecule has 0 atom stereocenters. The minimum Gasteiger partial charge on any atom is -0.495 e. The largest absolute Gasteiger partial charge is 0.495 e. The van der Waals surface area contributed by atoms with Gasteiger partial charge >= 0.3 is 0 Å². The van der Waals surface area contributed by atoms with Crippen LogP contribution in [0.4, 0.5) is 10.1 Å². The van der Waals surface area contributed by atoms with Crippen molar-refractivity contribution in [2.75, 3.05) is 12.4 Å². The van der Waals surface area contributed by atoms with Crippen LogP contribution < -0.4 is 10.1 Å². The molecule has 25 heavy (non-hydrogen) atoms. The lowest BCUT2D eigenvalue weighted by atomic mass is 10.2. The Kier molecular flexibility index (Phi) is 4.87. The molecule has 0 spiro atoms. The Morgan fingerprint density at radius 1 is 1.28 bits per heavy atom. The molecule has 0 aliphatic heterocycles. The molecule has 2 aromatic carbocycles. The number of nitrogens with zero attached hydrogens (tertiary/aromatic N) is 1. The van der Waals surface area contributed by atoms with Gasteiger partial charge in [-0.25, -0.2) is 4.39 Å². The van der Waals surface area contributed by atoms with E-state index in [1.54, 1.807) is 30.3 Å². The van der Waals surface area contributed by atoms with Crippen molar-refractivity contribution >= 4 is 35.4 Å². The average Bonchev–Trinajstić information content (AvgIpc) is 2.97. The minimum atomic E-state index is -0.391. The van der Waals surface area contributed by atoms with E-state index >= 15 is 0 Å². The van der Waals surface area contributed by atoms with Gasteiger partial charge in [0.15, 0.2) is 4.77 Å². The second-order valence-corrected chi connectivity index (χ2v) is 5.89. The number of amides is 1. The fourth-order valence-electron chi connectivity index (χ4n) is 2.32. The van der Waals surface area contributed by atoms with E-state index < -0.39 is 5.91 Å². The molecule has 3 aromatic rings. The highest BCUT2D eigenvalue weighted by molar-refractivity contribution is 7.71. The van der Waals surface area contributed by atoms with E-state index in [1.807, 2.05) is 0 Å². The van der Waals surface area contributed by atoms with Crippen molar-refractivity contribution in [1.29, 1.82) is 0 Å². The van der Waals surface area contributed by atoms with Crippen molar-refractivity contribution in [2.24, 2.45) is 0 Å². The number of hydrogen-bond donors (Lipinski definition) is 2. The number of aromatic amines is 1. The number of rotatable bonds is 4. The predicted molar refractivity (Wildman–Crippen MR) is 96.9 cm³/mol. The monoisotopic (exact) mass is 377 g/mol. The maximum atomic E-state index is 13.1. The third kappa shape index (κ3) is 3.57. The Hall–Kier alpha value is -2.64. The first-order valence-corrected chi connectivity index (χ1v) is 7.99. The summed E-state index contributed by atoms with van der Waals surface area (Å²) in [4.78, 5) is 15.4. The van der Waals surface area contributed by atoms with Crippen LogP contribution in [0.2, 0.25) is 5.02 Å². The number of carbonyl (C=O) groups is 1. The molecule has 1 amide bonds. The van der Waals surface area contributed by atoms with E-state index in [9.17, 15) is 9.18 Å². The molecular formula is C17H13ClFN3O2S. The molecule has 0 fully saturated rings. The Morgan fingerprint density at radius 3 is 2.64 bits per heavy atom. The van der Waals surface area contributed by atoms with Gasteiger partial charge < -0.3 is 15.0 Å². The fourth-order valence-corrected chi connectivity index (χ4v) is 2.84. The number of imidazole rings is 1. The second-order valence-electron chi connectivity index (χ2n) is 5.09. The molecule has 0 bridgehead atoms. The molecular weight excluding hydrogens is 365 g/mol. The molecule has 1 heterocycles. The third-order valence-electron chi connectivity index (χ3n) is 3.50. The zero-order chi connectivity index (χ0) is 18.0. The molecule has 0 saturated heterocycles. The lowest BCUT2D eigenvalue weighted by molar-refractivity contribution is 0.102. The summed E-state index contributed by atoms with van der Waals surface area (Å²) in [6.45, 7) is 0. The zero-order valence-corrected chi connectivity index (χ0v) is 14.6. The van der Waals surface area contributed by atoms with Gasteiger partial charge in [-0.2, -0.15) is 0 Å². The summed E-state index contributed by atoms with van der Waals surface area (Å²) in [5, 5.41) is 3.12. The number of halogens is 2. The van der Waals surface area contributed by atoms with Crippen LogP contribution in [0.15, 0.2) is 48.7 Å². The van der Waals surface area contributed by atoms with Crippen molar-refractivity contribution in [1.82, 2.24) is 9.55 Å². The SMILES string of the molecule is COc1ccc(NC(=O)c2c[nH]c(=S)n2-c2ccc(F)cc2)cc1Cl. The number of H-pyrrole nitrogens is 1. The van der Waals surface area contributed by atoms with Crippen molar-refractivity contribution in [2.45, 2.75) is 0 Å². The van der Waals surface area contributed by atoms with Crippen LogP contribution >= 0.6 is 23.8 Å². The van der Waals surface area contributed by atoms with Gasteiger partial charge in [-0.3, -0.25) is 9.36 Å².